The summed E-state index contributed by atoms with van der Waals surface area (Å²) >= 11 is 1.56. The molecule has 100 valence electrons. The van der Waals surface area contributed by atoms with Crippen molar-refractivity contribution >= 4 is 27.5 Å². The van der Waals surface area contributed by atoms with Gasteiger partial charge in [0, 0.05) is 0 Å². The first-order valence-electron chi connectivity index (χ1n) is 6.09. The van der Waals surface area contributed by atoms with E-state index >= 15 is 0 Å². The summed E-state index contributed by atoms with van der Waals surface area (Å²) in [7, 11) is 0. The second-order valence-electron chi connectivity index (χ2n) is 4.42. The maximum Gasteiger partial charge on any atom is 0.335 e. The molecule has 0 aliphatic carbocycles. The Labute approximate surface area is 119 Å². The summed E-state index contributed by atoms with van der Waals surface area (Å²) in [6.07, 6.45) is 0. The number of rotatable bonds is 3. The fourth-order valence-corrected chi connectivity index (χ4v) is 3.00. The number of fused-ring (bicyclic) bond motifs is 1. The molecule has 4 nitrogen and oxygen atoms in total. The monoisotopic (exact) mass is 284 g/mol. The van der Waals surface area contributed by atoms with Crippen LogP contribution in [-0.2, 0) is 0 Å². The van der Waals surface area contributed by atoms with Crippen LogP contribution in [0.25, 0.3) is 10.2 Å². The van der Waals surface area contributed by atoms with E-state index in [0.29, 0.717) is 0 Å². The topological polar surface area (TPSA) is 76.2 Å². The number of para-hydroxylation sites is 1. The van der Waals surface area contributed by atoms with Crippen LogP contribution in [0, 0.1) is 0 Å². The molecule has 1 atom stereocenters. The van der Waals surface area contributed by atoms with E-state index in [9.17, 15) is 4.79 Å². The third kappa shape index (κ3) is 2.29. The zero-order chi connectivity index (χ0) is 14.1. The van der Waals surface area contributed by atoms with Crippen molar-refractivity contribution in [3.8, 4) is 0 Å². The Balaban J connectivity index is 1.94. The van der Waals surface area contributed by atoms with Crippen molar-refractivity contribution in [3.05, 3.63) is 64.7 Å². The normalized spacial score (nSPS) is 12.4. The fraction of sp³-hybridized carbons (Fsp3) is 0.0667. The predicted octanol–water partition coefficient (Wildman–Crippen LogP) is 3.04. The van der Waals surface area contributed by atoms with Gasteiger partial charge in [0.2, 0.25) is 0 Å². The van der Waals surface area contributed by atoms with Gasteiger partial charge >= 0.3 is 5.97 Å². The van der Waals surface area contributed by atoms with E-state index in [0.717, 1.165) is 20.8 Å². The second kappa shape index (κ2) is 5.03. The first-order chi connectivity index (χ1) is 9.65. The molecule has 0 spiro atoms. The van der Waals surface area contributed by atoms with Crippen LogP contribution in [0.15, 0.2) is 48.5 Å². The summed E-state index contributed by atoms with van der Waals surface area (Å²) in [5.41, 5.74) is 8.25. The van der Waals surface area contributed by atoms with Gasteiger partial charge in [-0.3, -0.25) is 0 Å². The molecule has 3 rings (SSSR count). The van der Waals surface area contributed by atoms with Crippen LogP contribution in [0.5, 0.6) is 0 Å². The van der Waals surface area contributed by atoms with Crippen molar-refractivity contribution in [2.24, 2.45) is 5.73 Å². The first-order valence-corrected chi connectivity index (χ1v) is 6.91. The van der Waals surface area contributed by atoms with Crippen LogP contribution >= 0.6 is 11.3 Å². The van der Waals surface area contributed by atoms with Gasteiger partial charge in [0.25, 0.3) is 0 Å². The van der Waals surface area contributed by atoms with E-state index in [-0.39, 0.29) is 11.6 Å². The number of nitrogens with two attached hydrogens (primary N) is 1. The molecule has 0 saturated heterocycles. The molecular weight excluding hydrogens is 272 g/mol. The molecular formula is C15H12N2O2S. The van der Waals surface area contributed by atoms with E-state index in [2.05, 4.69) is 4.98 Å². The summed E-state index contributed by atoms with van der Waals surface area (Å²) in [5, 5.41) is 9.71. The molecule has 2 aromatic carbocycles. The molecule has 0 aliphatic rings. The van der Waals surface area contributed by atoms with Gasteiger partial charge in [0.05, 0.1) is 21.8 Å². The van der Waals surface area contributed by atoms with Crippen LogP contribution < -0.4 is 5.73 Å². The number of aromatic carboxylic acids is 1. The van der Waals surface area contributed by atoms with Crippen LogP contribution in [0.1, 0.15) is 27.0 Å². The van der Waals surface area contributed by atoms with Crippen LogP contribution in [0.4, 0.5) is 0 Å². The molecule has 0 amide bonds. The van der Waals surface area contributed by atoms with E-state index in [1.807, 2.05) is 24.3 Å². The Bertz CT molecular complexity index is 732. The number of hydrogen-bond acceptors (Lipinski definition) is 4. The minimum atomic E-state index is -0.940. The summed E-state index contributed by atoms with van der Waals surface area (Å²) in [4.78, 5) is 15.4. The number of aromatic nitrogens is 1. The predicted molar refractivity (Wildman–Crippen MR) is 79.1 cm³/mol. The van der Waals surface area contributed by atoms with Crippen LogP contribution in [0.3, 0.4) is 0 Å². The molecule has 3 N–H and O–H groups in total. The highest BCUT2D eigenvalue weighted by Gasteiger charge is 2.14. The van der Waals surface area contributed by atoms with Gasteiger partial charge < -0.3 is 10.8 Å². The van der Waals surface area contributed by atoms with Gasteiger partial charge in [-0.25, -0.2) is 9.78 Å². The SMILES string of the molecule is NC(c1ccc(C(=O)O)cc1)c1nc2ccccc2s1. The molecule has 0 bridgehead atoms. The van der Waals surface area contributed by atoms with E-state index in [4.69, 9.17) is 10.8 Å². The number of thiazole rings is 1. The molecule has 20 heavy (non-hydrogen) atoms. The molecule has 3 aromatic rings. The Morgan fingerprint density at radius 1 is 1.15 bits per heavy atom. The highest BCUT2D eigenvalue weighted by Crippen LogP contribution is 2.28. The van der Waals surface area contributed by atoms with Crippen molar-refractivity contribution < 1.29 is 9.90 Å². The van der Waals surface area contributed by atoms with Gasteiger partial charge in [-0.05, 0) is 29.8 Å². The molecule has 0 saturated carbocycles. The lowest BCUT2D eigenvalue weighted by molar-refractivity contribution is 0.0697. The van der Waals surface area contributed by atoms with Gasteiger partial charge in [-0.1, -0.05) is 24.3 Å². The number of carbonyl (C=O) groups is 1. The lowest BCUT2D eigenvalue weighted by Crippen LogP contribution is -2.11. The van der Waals surface area contributed by atoms with Gasteiger partial charge in [0.1, 0.15) is 5.01 Å². The Morgan fingerprint density at radius 2 is 1.85 bits per heavy atom. The molecule has 0 aliphatic heterocycles. The Hall–Kier alpha value is -2.24. The largest absolute Gasteiger partial charge is 0.478 e. The first kappa shape index (κ1) is 12.8. The third-order valence-corrected chi connectivity index (χ3v) is 4.21. The third-order valence-electron chi connectivity index (χ3n) is 3.09. The standard InChI is InChI=1S/C15H12N2O2S/c16-13(9-5-7-10(8-6-9)15(18)19)14-17-11-3-1-2-4-12(11)20-14/h1-8,13H,16H2,(H,18,19). The average molecular weight is 284 g/mol. The molecule has 0 radical (unpaired) electrons. The average Bonchev–Trinajstić information content (AvgIpc) is 2.90. The van der Waals surface area contributed by atoms with Crippen LogP contribution in [-0.4, -0.2) is 16.1 Å². The minimum absolute atomic E-state index is 0.255. The van der Waals surface area contributed by atoms with Crippen molar-refractivity contribution in [1.82, 2.24) is 4.98 Å². The molecule has 1 unspecified atom stereocenters. The van der Waals surface area contributed by atoms with E-state index in [1.54, 1.807) is 35.6 Å². The van der Waals surface area contributed by atoms with Crippen molar-refractivity contribution in [2.45, 2.75) is 6.04 Å². The number of benzene rings is 2. The summed E-state index contributed by atoms with van der Waals surface area (Å²) < 4.78 is 1.10. The maximum atomic E-state index is 10.8. The maximum absolute atomic E-state index is 10.8. The molecule has 1 aromatic heterocycles. The van der Waals surface area contributed by atoms with Crippen molar-refractivity contribution in [3.63, 3.8) is 0 Å². The lowest BCUT2D eigenvalue weighted by Gasteiger charge is -2.08. The second-order valence-corrected chi connectivity index (χ2v) is 5.49. The van der Waals surface area contributed by atoms with E-state index < -0.39 is 5.97 Å². The highest BCUT2D eigenvalue weighted by atomic mass is 32.1. The van der Waals surface area contributed by atoms with Gasteiger partial charge in [-0.2, -0.15) is 0 Å². The van der Waals surface area contributed by atoms with Crippen molar-refractivity contribution in [2.75, 3.05) is 0 Å². The lowest BCUT2D eigenvalue weighted by atomic mass is 10.1. The molecule has 0 fully saturated rings. The number of carboxylic acids is 1. The highest BCUT2D eigenvalue weighted by molar-refractivity contribution is 7.18. The minimum Gasteiger partial charge on any atom is -0.478 e. The summed E-state index contributed by atoms with van der Waals surface area (Å²) in [6, 6.07) is 14.1. The van der Waals surface area contributed by atoms with Crippen LogP contribution in [0.2, 0.25) is 0 Å². The Kier molecular flexibility index (Phi) is 3.22. The van der Waals surface area contributed by atoms with E-state index in [1.165, 1.54) is 0 Å². The summed E-state index contributed by atoms with van der Waals surface area (Å²) in [6.45, 7) is 0. The number of hydrogen-bond donors (Lipinski definition) is 2. The number of nitrogens with zero attached hydrogens (tertiary/aromatic N) is 1. The zero-order valence-corrected chi connectivity index (χ0v) is 11.3. The Morgan fingerprint density at radius 3 is 2.50 bits per heavy atom. The molecule has 1 heterocycles. The smallest absolute Gasteiger partial charge is 0.335 e. The summed E-state index contributed by atoms with van der Waals surface area (Å²) in [5.74, 6) is -0.940. The quantitative estimate of drug-likeness (QED) is 0.775. The fourth-order valence-electron chi connectivity index (χ4n) is 2.00. The zero-order valence-electron chi connectivity index (χ0n) is 10.5. The molecule has 5 heteroatoms. The van der Waals surface area contributed by atoms with Gasteiger partial charge in [0.15, 0.2) is 0 Å². The van der Waals surface area contributed by atoms with Gasteiger partial charge in [-0.15, -0.1) is 11.3 Å². The number of carboxylic acid groups (broad SMARTS) is 1. The van der Waals surface area contributed by atoms with Crippen molar-refractivity contribution in [1.29, 1.82) is 0 Å².